The number of hydrogen-bond acceptors (Lipinski definition) is 2. The molecule has 0 saturated heterocycles. The number of quaternary nitrogens is 1. The number of rotatable bonds is 5. The Morgan fingerprint density at radius 1 is 1.40 bits per heavy atom. The van der Waals surface area contributed by atoms with Crippen LogP contribution in [0.2, 0.25) is 0 Å². The summed E-state index contributed by atoms with van der Waals surface area (Å²) in [6.45, 7) is 11.9. The average molecular weight is 280 g/mol. The largest absolute Gasteiger partial charge is 0.458 e. The molecule has 20 heavy (non-hydrogen) atoms. The number of ether oxygens (including phenoxy) is 1. The first-order valence-corrected chi connectivity index (χ1v) is 7.75. The smallest absolute Gasteiger partial charge is 0.362 e. The third kappa shape index (κ3) is 2.41. The Balaban J connectivity index is 1.99. The second-order valence-corrected chi connectivity index (χ2v) is 8.15. The SMILES string of the molecule is C=CC[N+](C)(C)CC(=O)O[C@H]1C[C@@H]2CC[C@]1(C)C2(C)C. The quantitative estimate of drug-likeness (QED) is 0.439. The minimum Gasteiger partial charge on any atom is -0.458 e. The Hall–Kier alpha value is -0.830. The van der Waals surface area contributed by atoms with Gasteiger partial charge in [-0.2, -0.15) is 0 Å². The third-order valence-electron chi connectivity index (χ3n) is 6.17. The van der Waals surface area contributed by atoms with Crippen LogP contribution in [0.3, 0.4) is 0 Å². The minimum absolute atomic E-state index is 0.0635. The van der Waals surface area contributed by atoms with Gasteiger partial charge in [-0.25, -0.2) is 4.79 Å². The number of nitrogens with zero attached hydrogens (tertiary/aromatic N) is 1. The van der Waals surface area contributed by atoms with Crippen LogP contribution in [0.1, 0.15) is 40.0 Å². The zero-order valence-electron chi connectivity index (χ0n) is 13.7. The highest BCUT2D eigenvalue weighted by Crippen LogP contribution is 2.66. The van der Waals surface area contributed by atoms with Gasteiger partial charge in [0.15, 0.2) is 6.54 Å². The number of carbonyl (C=O) groups is 1. The molecule has 0 aliphatic heterocycles. The Labute approximate surface area is 123 Å². The number of fused-ring (bicyclic) bond motifs is 2. The lowest BCUT2D eigenvalue weighted by molar-refractivity contribution is -0.877. The topological polar surface area (TPSA) is 26.3 Å². The van der Waals surface area contributed by atoms with Crippen molar-refractivity contribution in [1.29, 1.82) is 0 Å². The zero-order chi connectivity index (χ0) is 15.2. The maximum Gasteiger partial charge on any atom is 0.362 e. The van der Waals surface area contributed by atoms with Crippen molar-refractivity contribution in [3.05, 3.63) is 12.7 Å². The molecule has 2 fully saturated rings. The molecule has 2 aliphatic rings. The van der Waals surface area contributed by atoms with Crippen LogP contribution >= 0.6 is 0 Å². The molecular weight excluding hydrogens is 250 g/mol. The molecule has 0 aromatic carbocycles. The lowest BCUT2D eigenvalue weighted by Gasteiger charge is -2.38. The van der Waals surface area contributed by atoms with Gasteiger partial charge in [-0.3, -0.25) is 0 Å². The molecule has 114 valence electrons. The predicted molar refractivity (Wildman–Crippen MR) is 81.1 cm³/mol. The monoisotopic (exact) mass is 280 g/mol. The van der Waals surface area contributed by atoms with Gasteiger partial charge >= 0.3 is 5.97 Å². The molecule has 2 aliphatic carbocycles. The summed E-state index contributed by atoms with van der Waals surface area (Å²) in [6, 6.07) is 0. The molecule has 0 aromatic rings. The molecule has 3 nitrogen and oxygen atoms in total. The van der Waals surface area contributed by atoms with Crippen molar-refractivity contribution in [3.8, 4) is 0 Å². The van der Waals surface area contributed by atoms with E-state index in [9.17, 15) is 4.79 Å². The van der Waals surface area contributed by atoms with Crippen molar-refractivity contribution in [2.75, 3.05) is 27.2 Å². The number of hydrogen-bond donors (Lipinski definition) is 0. The van der Waals surface area contributed by atoms with Crippen LogP contribution in [0.4, 0.5) is 0 Å². The number of likely N-dealkylation sites (N-methyl/N-ethyl adjacent to an activating group) is 1. The normalized spacial score (nSPS) is 35.0. The molecule has 2 rings (SSSR count). The van der Waals surface area contributed by atoms with E-state index in [0.29, 0.717) is 22.4 Å². The van der Waals surface area contributed by atoms with E-state index in [1.54, 1.807) is 0 Å². The van der Waals surface area contributed by atoms with Crippen molar-refractivity contribution in [3.63, 3.8) is 0 Å². The number of carbonyl (C=O) groups excluding carboxylic acids is 1. The molecule has 0 N–H and O–H groups in total. The maximum atomic E-state index is 12.2. The Morgan fingerprint density at radius 3 is 2.50 bits per heavy atom. The second-order valence-electron chi connectivity index (χ2n) is 8.15. The maximum absolute atomic E-state index is 12.2. The Kier molecular flexibility index (Phi) is 3.79. The van der Waals surface area contributed by atoms with E-state index in [0.717, 1.165) is 13.0 Å². The van der Waals surface area contributed by atoms with Crippen LogP contribution in [0.5, 0.6) is 0 Å². The van der Waals surface area contributed by atoms with Crippen LogP contribution in [0.25, 0.3) is 0 Å². The van der Waals surface area contributed by atoms with E-state index in [1.807, 2.05) is 20.2 Å². The van der Waals surface area contributed by atoms with Crippen molar-refractivity contribution in [1.82, 2.24) is 0 Å². The average Bonchev–Trinajstić information content (AvgIpc) is 2.60. The first-order chi connectivity index (χ1) is 9.12. The molecule has 0 spiro atoms. The molecule has 3 atom stereocenters. The fourth-order valence-electron chi connectivity index (χ4n) is 4.27. The van der Waals surface area contributed by atoms with Gasteiger partial charge in [0.2, 0.25) is 0 Å². The predicted octanol–water partition coefficient (Wildman–Crippen LogP) is 3.01. The van der Waals surface area contributed by atoms with Gasteiger partial charge in [0.25, 0.3) is 0 Å². The first-order valence-electron chi connectivity index (χ1n) is 7.75. The summed E-state index contributed by atoms with van der Waals surface area (Å²) in [5, 5.41) is 0. The highest BCUT2D eigenvalue weighted by atomic mass is 16.5. The van der Waals surface area contributed by atoms with Gasteiger partial charge in [0, 0.05) is 5.41 Å². The molecule has 0 heterocycles. The molecule has 2 saturated carbocycles. The molecule has 0 unspecified atom stereocenters. The number of esters is 1. The lowest BCUT2D eigenvalue weighted by atomic mass is 9.70. The molecular formula is C17H30NO2+. The van der Waals surface area contributed by atoms with Crippen LogP contribution in [-0.4, -0.2) is 43.7 Å². The third-order valence-corrected chi connectivity index (χ3v) is 6.17. The van der Waals surface area contributed by atoms with Gasteiger partial charge in [-0.05, 0) is 36.7 Å². The highest BCUT2D eigenvalue weighted by molar-refractivity contribution is 5.71. The summed E-state index contributed by atoms with van der Waals surface area (Å²) in [7, 11) is 4.07. The molecule has 0 amide bonds. The second kappa shape index (κ2) is 4.87. The van der Waals surface area contributed by atoms with Crippen LogP contribution < -0.4 is 0 Å². The van der Waals surface area contributed by atoms with Crippen molar-refractivity contribution in [2.45, 2.75) is 46.1 Å². The highest BCUT2D eigenvalue weighted by Gasteiger charge is 2.62. The Morgan fingerprint density at radius 2 is 2.05 bits per heavy atom. The summed E-state index contributed by atoms with van der Waals surface area (Å²) in [5.74, 6) is 0.646. The van der Waals surface area contributed by atoms with E-state index in [-0.39, 0.29) is 17.5 Å². The van der Waals surface area contributed by atoms with Crippen molar-refractivity contribution in [2.24, 2.45) is 16.7 Å². The van der Waals surface area contributed by atoms with E-state index in [4.69, 9.17) is 4.74 Å². The van der Waals surface area contributed by atoms with Gasteiger partial charge in [-0.15, -0.1) is 0 Å². The van der Waals surface area contributed by atoms with Crippen LogP contribution in [0.15, 0.2) is 12.7 Å². The van der Waals surface area contributed by atoms with Gasteiger partial charge in [-0.1, -0.05) is 27.4 Å². The fraction of sp³-hybridized carbons (Fsp3) is 0.824. The van der Waals surface area contributed by atoms with Crippen molar-refractivity contribution >= 4 is 5.97 Å². The van der Waals surface area contributed by atoms with Gasteiger partial charge in [0.05, 0.1) is 20.6 Å². The van der Waals surface area contributed by atoms with E-state index < -0.39 is 0 Å². The standard InChI is InChI=1S/C17H30NO2/c1-7-10-18(5,6)12-15(19)20-14-11-13-8-9-17(14,4)16(13,2)3/h7,13-14H,1,8-12H2,2-6H3/q+1/t13-,14-,17-/m0/s1. The first kappa shape index (κ1) is 15.6. The fourth-order valence-corrected chi connectivity index (χ4v) is 4.27. The summed E-state index contributed by atoms with van der Waals surface area (Å²) in [4.78, 5) is 12.2. The van der Waals surface area contributed by atoms with E-state index in [1.165, 1.54) is 12.8 Å². The van der Waals surface area contributed by atoms with Gasteiger partial charge < -0.3 is 9.22 Å². The zero-order valence-corrected chi connectivity index (χ0v) is 13.7. The van der Waals surface area contributed by atoms with Crippen LogP contribution in [-0.2, 0) is 9.53 Å². The summed E-state index contributed by atoms with van der Waals surface area (Å²) in [5.41, 5.74) is 0.451. The van der Waals surface area contributed by atoms with Gasteiger partial charge in [0.1, 0.15) is 6.10 Å². The van der Waals surface area contributed by atoms with Crippen molar-refractivity contribution < 1.29 is 14.0 Å². The van der Waals surface area contributed by atoms with E-state index in [2.05, 4.69) is 27.4 Å². The molecule has 2 bridgehead atoms. The summed E-state index contributed by atoms with van der Waals surface area (Å²) in [6.07, 6.45) is 5.48. The summed E-state index contributed by atoms with van der Waals surface area (Å²) < 4.78 is 6.49. The van der Waals surface area contributed by atoms with Crippen LogP contribution in [0, 0.1) is 16.7 Å². The molecule has 3 heteroatoms. The minimum atomic E-state index is -0.0635. The summed E-state index contributed by atoms with van der Waals surface area (Å²) >= 11 is 0. The lowest BCUT2D eigenvalue weighted by Crippen LogP contribution is -2.46. The Bertz CT molecular complexity index is 413. The molecule has 0 aromatic heterocycles. The molecule has 0 radical (unpaired) electrons. The van der Waals surface area contributed by atoms with E-state index >= 15 is 0 Å².